The standard InChI is InChI=1S/C21H32N4O2.HI/c1-22-21(23-14-20(26)24-18-6-4-3-5-7-18)25-13-12-17(15-25)16-8-10-19(27-2)11-9-16;/h8-11,17-18H,3-7,12-15H2,1-2H3,(H,22,23)(H,24,26);1H. The summed E-state index contributed by atoms with van der Waals surface area (Å²) in [6, 6.07) is 8.66. The second-order valence-electron chi connectivity index (χ2n) is 7.51. The number of hydrogen-bond donors (Lipinski definition) is 2. The smallest absolute Gasteiger partial charge is 0.239 e. The number of rotatable bonds is 5. The fourth-order valence-corrected chi connectivity index (χ4v) is 4.12. The van der Waals surface area contributed by atoms with Crippen LogP contribution in [-0.2, 0) is 4.79 Å². The van der Waals surface area contributed by atoms with Crippen molar-refractivity contribution in [3.8, 4) is 5.75 Å². The minimum Gasteiger partial charge on any atom is -0.497 e. The van der Waals surface area contributed by atoms with Gasteiger partial charge in [0.25, 0.3) is 0 Å². The lowest BCUT2D eigenvalue weighted by Gasteiger charge is -2.24. The van der Waals surface area contributed by atoms with Gasteiger partial charge in [0.2, 0.25) is 5.91 Å². The van der Waals surface area contributed by atoms with Gasteiger partial charge >= 0.3 is 0 Å². The number of halogens is 1. The highest BCUT2D eigenvalue weighted by molar-refractivity contribution is 14.0. The molecule has 2 aliphatic rings. The molecule has 1 aromatic carbocycles. The predicted octanol–water partition coefficient (Wildman–Crippen LogP) is 3.13. The maximum absolute atomic E-state index is 12.2. The molecule has 156 valence electrons. The third kappa shape index (κ3) is 6.25. The largest absolute Gasteiger partial charge is 0.497 e. The number of carbonyl (C=O) groups is 1. The van der Waals surface area contributed by atoms with E-state index in [9.17, 15) is 4.79 Å². The fraction of sp³-hybridized carbons (Fsp3) is 0.619. The molecule has 28 heavy (non-hydrogen) atoms. The summed E-state index contributed by atoms with van der Waals surface area (Å²) >= 11 is 0. The average molecular weight is 500 g/mol. The molecule has 3 rings (SSSR count). The molecule has 6 nitrogen and oxygen atoms in total. The van der Waals surface area contributed by atoms with Crippen molar-refractivity contribution in [3.05, 3.63) is 29.8 Å². The molecule has 1 heterocycles. The van der Waals surface area contributed by atoms with Gasteiger partial charge in [0.15, 0.2) is 5.96 Å². The van der Waals surface area contributed by atoms with Crippen molar-refractivity contribution in [2.75, 3.05) is 33.8 Å². The maximum Gasteiger partial charge on any atom is 0.239 e. The van der Waals surface area contributed by atoms with Crippen molar-refractivity contribution in [1.29, 1.82) is 0 Å². The number of methoxy groups -OCH3 is 1. The molecule has 1 unspecified atom stereocenters. The summed E-state index contributed by atoms with van der Waals surface area (Å²) in [7, 11) is 3.47. The first-order valence-electron chi connectivity index (χ1n) is 10.1. The van der Waals surface area contributed by atoms with Crippen LogP contribution in [0.5, 0.6) is 5.75 Å². The van der Waals surface area contributed by atoms with Crippen molar-refractivity contribution < 1.29 is 9.53 Å². The molecule has 1 aliphatic heterocycles. The Morgan fingerprint density at radius 1 is 1.18 bits per heavy atom. The molecule has 0 spiro atoms. The van der Waals surface area contributed by atoms with Crippen molar-refractivity contribution in [1.82, 2.24) is 15.5 Å². The first kappa shape index (κ1) is 22.8. The summed E-state index contributed by atoms with van der Waals surface area (Å²) in [4.78, 5) is 18.8. The number of ether oxygens (including phenoxy) is 1. The molecule has 0 aromatic heterocycles. The summed E-state index contributed by atoms with van der Waals surface area (Å²) in [5.74, 6) is 2.24. The van der Waals surface area contributed by atoms with E-state index >= 15 is 0 Å². The van der Waals surface area contributed by atoms with E-state index in [1.165, 1.54) is 24.8 Å². The van der Waals surface area contributed by atoms with Gasteiger partial charge in [-0.1, -0.05) is 31.4 Å². The van der Waals surface area contributed by atoms with Gasteiger partial charge in [0, 0.05) is 32.1 Å². The van der Waals surface area contributed by atoms with Gasteiger partial charge in [-0.25, -0.2) is 0 Å². The number of likely N-dealkylation sites (tertiary alicyclic amines) is 1. The quantitative estimate of drug-likeness (QED) is 0.371. The number of carbonyl (C=O) groups excluding carboxylic acids is 1. The van der Waals surface area contributed by atoms with Gasteiger partial charge in [-0.15, -0.1) is 24.0 Å². The molecule has 7 heteroatoms. The van der Waals surface area contributed by atoms with Crippen molar-refractivity contribution in [3.63, 3.8) is 0 Å². The SMILES string of the molecule is CN=C(NCC(=O)NC1CCCCC1)N1CCC(c2ccc(OC)cc2)C1.I. The van der Waals surface area contributed by atoms with Gasteiger partial charge in [-0.05, 0) is 37.0 Å². The molecule has 0 bridgehead atoms. The zero-order valence-electron chi connectivity index (χ0n) is 16.9. The molecular formula is C21H33IN4O2. The van der Waals surface area contributed by atoms with Crippen LogP contribution in [0.25, 0.3) is 0 Å². The minimum atomic E-state index is 0. The van der Waals surface area contributed by atoms with Gasteiger partial charge in [0.1, 0.15) is 5.75 Å². The molecule has 0 radical (unpaired) electrons. The van der Waals surface area contributed by atoms with Crippen LogP contribution < -0.4 is 15.4 Å². The Kier molecular flexibility index (Phi) is 9.34. The van der Waals surface area contributed by atoms with Crippen LogP contribution >= 0.6 is 24.0 Å². The summed E-state index contributed by atoms with van der Waals surface area (Å²) in [5.41, 5.74) is 1.32. The number of aliphatic imine (C=N–C) groups is 1. The monoisotopic (exact) mass is 500 g/mol. The van der Waals surface area contributed by atoms with Crippen molar-refractivity contribution >= 4 is 35.8 Å². The minimum absolute atomic E-state index is 0. The lowest BCUT2D eigenvalue weighted by Crippen LogP contribution is -2.46. The van der Waals surface area contributed by atoms with Crippen molar-refractivity contribution in [2.45, 2.75) is 50.5 Å². The normalized spacial score (nSPS) is 20.4. The third-order valence-corrected chi connectivity index (χ3v) is 5.66. The van der Waals surface area contributed by atoms with Gasteiger partial charge in [-0.2, -0.15) is 0 Å². The van der Waals surface area contributed by atoms with Crippen LogP contribution in [0.1, 0.15) is 50.0 Å². The molecule has 1 amide bonds. The first-order chi connectivity index (χ1) is 13.2. The number of nitrogens with zero attached hydrogens (tertiary/aromatic N) is 2. The van der Waals surface area contributed by atoms with Crippen LogP contribution in [0.4, 0.5) is 0 Å². The van der Waals surface area contributed by atoms with E-state index in [1.807, 2.05) is 12.1 Å². The predicted molar refractivity (Wildman–Crippen MR) is 124 cm³/mol. The highest BCUT2D eigenvalue weighted by atomic mass is 127. The number of amides is 1. The van der Waals surface area contributed by atoms with E-state index in [-0.39, 0.29) is 36.4 Å². The molecule has 1 aliphatic carbocycles. The van der Waals surface area contributed by atoms with Crippen LogP contribution in [0.15, 0.2) is 29.3 Å². The highest BCUT2D eigenvalue weighted by Crippen LogP contribution is 2.28. The van der Waals surface area contributed by atoms with Gasteiger partial charge in [0.05, 0.1) is 13.7 Å². The van der Waals surface area contributed by atoms with Crippen LogP contribution in [-0.4, -0.2) is 56.6 Å². The van der Waals surface area contributed by atoms with Gasteiger partial charge in [-0.3, -0.25) is 9.79 Å². The highest BCUT2D eigenvalue weighted by Gasteiger charge is 2.26. The molecule has 1 aromatic rings. The molecule has 1 saturated heterocycles. The second kappa shape index (κ2) is 11.5. The second-order valence-corrected chi connectivity index (χ2v) is 7.51. The van der Waals surface area contributed by atoms with E-state index < -0.39 is 0 Å². The molecule has 1 atom stereocenters. The number of guanidine groups is 1. The zero-order chi connectivity index (χ0) is 19.1. The van der Waals surface area contributed by atoms with E-state index in [0.717, 1.165) is 44.1 Å². The van der Waals surface area contributed by atoms with Gasteiger partial charge < -0.3 is 20.3 Å². The number of hydrogen-bond acceptors (Lipinski definition) is 3. The van der Waals surface area contributed by atoms with Crippen LogP contribution in [0.3, 0.4) is 0 Å². The Hall–Kier alpha value is -1.51. The Morgan fingerprint density at radius 2 is 1.89 bits per heavy atom. The summed E-state index contributed by atoms with van der Waals surface area (Å²) < 4.78 is 5.24. The zero-order valence-corrected chi connectivity index (χ0v) is 19.3. The Labute approximate surface area is 185 Å². The van der Waals surface area contributed by atoms with E-state index in [1.54, 1.807) is 14.2 Å². The first-order valence-corrected chi connectivity index (χ1v) is 10.1. The lowest BCUT2D eigenvalue weighted by atomic mass is 9.95. The lowest BCUT2D eigenvalue weighted by molar-refractivity contribution is -0.120. The molecular weight excluding hydrogens is 467 g/mol. The van der Waals surface area contributed by atoms with E-state index in [4.69, 9.17) is 4.74 Å². The molecule has 2 fully saturated rings. The summed E-state index contributed by atoms with van der Waals surface area (Å²) in [6.45, 7) is 2.14. The number of nitrogens with one attached hydrogen (secondary N) is 2. The van der Waals surface area contributed by atoms with Crippen LogP contribution in [0.2, 0.25) is 0 Å². The summed E-state index contributed by atoms with van der Waals surface area (Å²) in [5, 5.41) is 6.38. The van der Waals surface area contributed by atoms with Crippen LogP contribution in [0, 0.1) is 0 Å². The Balaban J connectivity index is 0.00000280. The number of benzene rings is 1. The summed E-state index contributed by atoms with van der Waals surface area (Å²) in [6.07, 6.45) is 7.04. The molecule has 1 saturated carbocycles. The third-order valence-electron chi connectivity index (χ3n) is 5.66. The average Bonchev–Trinajstić information content (AvgIpc) is 3.19. The topological polar surface area (TPSA) is 66.0 Å². The maximum atomic E-state index is 12.2. The molecule has 2 N–H and O–H groups in total. The fourth-order valence-electron chi connectivity index (χ4n) is 4.12. The Bertz CT molecular complexity index is 644. The van der Waals surface area contributed by atoms with Crippen molar-refractivity contribution in [2.24, 2.45) is 4.99 Å². The van der Waals surface area contributed by atoms with E-state index in [2.05, 4.69) is 32.7 Å². The van der Waals surface area contributed by atoms with E-state index in [0.29, 0.717) is 12.0 Å². The Morgan fingerprint density at radius 3 is 2.54 bits per heavy atom.